The van der Waals surface area contributed by atoms with Gasteiger partial charge in [0.15, 0.2) is 0 Å². The van der Waals surface area contributed by atoms with Crippen molar-refractivity contribution in [3.8, 4) is 0 Å². The van der Waals surface area contributed by atoms with Gasteiger partial charge in [0.05, 0.1) is 33.8 Å². The van der Waals surface area contributed by atoms with E-state index < -0.39 is 20.0 Å². The smallest absolute Gasteiger partial charge is 0.306 e. The third-order valence-electron chi connectivity index (χ3n) is 15.8. The van der Waals surface area contributed by atoms with Crippen LogP contribution < -0.4 is 10.2 Å². The molecule has 0 aliphatic rings. The number of amides is 1. The zero-order valence-corrected chi connectivity index (χ0v) is 54.9. The molecule has 0 aromatic carbocycles. The molecule has 3 unspecified atom stereocenters. The Morgan fingerprint density at radius 2 is 0.725 bits per heavy atom. The molecule has 0 aromatic rings. The predicted octanol–water partition coefficient (Wildman–Crippen LogP) is 21.2. The van der Waals surface area contributed by atoms with Gasteiger partial charge in [-0.25, -0.2) is 0 Å². The van der Waals surface area contributed by atoms with E-state index >= 15 is 0 Å². The van der Waals surface area contributed by atoms with Gasteiger partial charge < -0.3 is 28.5 Å². The standard InChI is InChI=1S/C70H135N2O7P/c1-7-10-13-16-19-22-25-28-30-32-33-34-35-36-37-38-39-40-42-45-48-51-54-57-60-63-70(74)79-68(61-58-55-52-49-46-43-27-24-21-18-15-12-9-3)67(66-78-80(75,76)77-65-64-72(4,5)6)71-69(73)62-59-56-53-50-47-44-41-31-29-26-23-20-17-14-11-8-2/h28,30-31,41,58,61,67-68H,7-27,29,32-40,42-57,59-60,62-66H2,1-6H3,(H-,71,73,75,76)/b30-28+,41-31+,61-58-. The predicted molar refractivity (Wildman–Crippen MR) is 344 cm³/mol. The number of likely N-dealkylation sites (N-methyl/N-ethyl adjacent to an activating group) is 1. The Bertz CT molecular complexity index is 1460. The van der Waals surface area contributed by atoms with E-state index in [-0.39, 0.29) is 31.5 Å². The second kappa shape index (κ2) is 60.4. The lowest BCUT2D eigenvalue weighted by molar-refractivity contribution is -0.870. The molecule has 1 N–H and O–H groups in total. The average Bonchev–Trinajstić information content (AvgIpc) is 3.42. The van der Waals surface area contributed by atoms with Crippen LogP contribution in [-0.2, 0) is 27.9 Å². The molecule has 0 heterocycles. The van der Waals surface area contributed by atoms with Gasteiger partial charge in [-0.3, -0.25) is 14.2 Å². The molecule has 0 aromatic heterocycles. The molecule has 0 radical (unpaired) electrons. The van der Waals surface area contributed by atoms with E-state index in [1.807, 2.05) is 33.3 Å². The first-order valence-electron chi connectivity index (χ1n) is 34.8. The van der Waals surface area contributed by atoms with E-state index in [1.165, 1.54) is 238 Å². The Labute approximate surface area is 497 Å². The van der Waals surface area contributed by atoms with Crippen LogP contribution in [0.3, 0.4) is 0 Å². The summed E-state index contributed by atoms with van der Waals surface area (Å²) in [6.45, 7) is 6.88. The van der Waals surface area contributed by atoms with Crippen LogP contribution in [0.2, 0.25) is 0 Å². The maximum atomic E-state index is 13.6. The molecular formula is C70H135N2O7P. The van der Waals surface area contributed by atoms with Crippen molar-refractivity contribution in [1.29, 1.82) is 0 Å². The number of phosphoric acid groups is 1. The van der Waals surface area contributed by atoms with Gasteiger partial charge in [-0.05, 0) is 83.1 Å². The summed E-state index contributed by atoms with van der Waals surface area (Å²) in [6.07, 6.45) is 74.1. The van der Waals surface area contributed by atoms with Crippen LogP contribution in [0.4, 0.5) is 0 Å². The number of carbonyl (C=O) groups is 2. The second-order valence-corrected chi connectivity index (χ2v) is 26.4. The Balaban J connectivity index is 5.08. The fourth-order valence-electron chi connectivity index (χ4n) is 10.4. The van der Waals surface area contributed by atoms with Gasteiger partial charge in [-0.15, -0.1) is 0 Å². The van der Waals surface area contributed by atoms with Crippen molar-refractivity contribution in [1.82, 2.24) is 5.32 Å². The summed E-state index contributed by atoms with van der Waals surface area (Å²) >= 11 is 0. The number of ether oxygens (including phenoxy) is 1. The van der Waals surface area contributed by atoms with Crippen LogP contribution in [0.5, 0.6) is 0 Å². The number of quaternary nitrogens is 1. The number of unbranched alkanes of at least 4 members (excludes halogenated alkanes) is 44. The molecule has 0 rings (SSSR count). The number of phosphoric ester groups is 1. The van der Waals surface area contributed by atoms with Gasteiger partial charge in [0, 0.05) is 12.8 Å². The van der Waals surface area contributed by atoms with Crippen LogP contribution in [0.15, 0.2) is 36.5 Å². The lowest BCUT2D eigenvalue weighted by Crippen LogP contribution is -2.47. The topological polar surface area (TPSA) is 114 Å². The molecule has 0 aliphatic carbocycles. The van der Waals surface area contributed by atoms with E-state index in [9.17, 15) is 19.0 Å². The highest BCUT2D eigenvalue weighted by Crippen LogP contribution is 2.38. The number of hydrogen-bond acceptors (Lipinski definition) is 7. The van der Waals surface area contributed by atoms with Gasteiger partial charge in [-0.2, -0.15) is 0 Å². The molecule has 0 saturated heterocycles. The van der Waals surface area contributed by atoms with E-state index in [4.69, 9.17) is 13.8 Å². The molecule has 0 fully saturated rings. The van der Waals surface area contributed by atoms with Crippen molar-refractivity contribution >= 4 is 19.7 Å². The minimum absolute atomic E-state index is 0.0214. The van der Waals surface area contributed by atoms with E-state index in [1.54, 1.807) is 0 Å². The van der Waals surface area contributed by atoms with Crippen LogP contribution >= 0.6 is 7.82 Å². The van der Waals surface area contributed by atoms with E-state index in [2.05, 4.69) is 50.4 Å². The largest absolute Gasteiger partial charge is 0.756 e. The second-order valence-electron chi connectivity index (χ2n) is 25.0. The summed E-state index contributed by atoms with van der Waals surface area (Å²) in [4.78, 5) is 40.1. The summed E-state index contributed by atoms with van der Waals surface area (Å²) in [6, 6.07) is -0.890. The van der Waals surface area contributed by atoms with Crippen LogP contribution in [0.25, 0.3) is 0 Å². The minimum atomic E-state index is -4.70. The fraction of sp³-hybridized carbons (Fsp3) is 0.886. The molecule has 1 amide bonds. The average molecular weight is 1150 g/mol. The lowest BCUT2D eigenvalue weighted by atomic mass is 10.0. The molecule has 0 bridgehead atoms. The van der Waals surface area contributed by atoms with Gasteiger partial charge in [-0.1, -0.05) is 289 Å². The third-order valence-corrected chi connectivity index (χ3v) is 16.8. The Morgan fingerprint density at radius 3 is 1.06 bits per heavy atom. The minimum Gasteiger partial charge on any atom is -0.756 e. The highest BCUT2D eigenvalue weighted by molar-refractivity contribution is 7.45. The van der Waals surface area contributed by atoms with Crippen molar-refractivity contribution in [2.45, 2.75) is 360 Å². The number of nitrogens with zero attached hydrogens (tertiary/aromatic N) is 1. The van der Waals surface area contributed by atoms with Crippen molar-refractivity contribution in [2.75, 3.05) is 40.9 Å². The molecule has 0 spiro atoms. The van der Waals surface area contributed by atoms with Gasteiger partial charge in [0.1, 0.15) is 19.3 Å². The number of allylic oxidation sites excluding steroid dienone is 5. The van der Waals surface area contributed by atoms with Crippen LogP contribution in [0.1, 0.15) is 348 Å². The number of nitrogens with one attached hydrogen (secondary N) is 1. The Morgan fingerprint density at radius 1 is 0.425 bits per heavy atom. The number of rotatable bonds is 64. The van der Waals surface area contributed by atoms with E-state index in [0.29, 0.717) is 17.4 Å². The maximum Gasteiger partial charge on any atom is 0.306 e. The maximum absolute atomic E-state index is 13.6. The van der Waals surface area contributed by atoms with Crippen LogP contribution in [-0.4, -0.2) is 69.4 Å². The van der Waals surface area contributed by atoms with Gasteiger partial charge in [0.2, 0.25) is 5.91 Å². The number of hydrogen-bond donors (Lipinski definition) is 1. The van der Waals surface area contributed by atoms with Crippen molar-refractivity contribution < 1.29 is 37.3 Å². The molecule has 80 heavy (non-hydrogen) atoms. The van der Waals surface area contributed by atoms with Crippen LogP contribution in [0, 0.1) is 0 Å². The summed E-state index contributed by atoms with van der Waals surface area (Å²) in [7, 11) is 1.19. The molecule has 10 heteroatoms. The SMILES string of the molecule is CCCCCCCC/C=C/CCCCCCCCCCCCCCCCCC(=O)OC(/C=C\CCCCCCCCCCCCC)C(COP(=O)([O-])OCC[N+](C)(C)C)NC(=O)CCCCCCC/C=C/CCCCCCCCC. The molecule has 472 valence electrons. The molecule has 0 aliphatic heterocycles. The Kier molecular flexibility index (Phi) is 59.0. The van der Waals surface area contributed by atoms with Crippen molar-refractivity contribution in [3.63, 3.8) is 0 Å². The summed E-state index contributed by atoms with van der Waals surface area (Å²) in [5.74, 6) is -0.534. The lowest BCUT2D eigenvalue weighted by Gasteiger charge is -2.30. The number of esters is 1. The first-order chi connectivity index (χ1) is 38.9. The summed E-state index contributed by atoms with van der Waals surface area (Å²) in [5.41, 5.74) is 0. The van der Waals surface area contributed by atoms with Gasteiger partial charge in [0.25, 0.3) is 7.82 Å². The zero-order valence-electron chi connectivity index (χ0n) is 54.1. The first kappa shape index (κ1) is 78.2. The normalized spacial score (nSPS) is 13.7. The summed E-state index contributed by atoms with van der Waals surface area (Å²) < 4.78 is 30.4. The molecule has 9 nitrogen and oxygen atoms in total. The highest BCUT2D eigenvalue weighted by Gasteiger charge is 2.27. The fourth-order valence-corrected chi connectivity index (χ4v) is 11.1. The Hall–Kier alpha value is -1.77. The van der Waals surface area contributed by atoms with Crippen molar-refractivity contribution in [2.24, 2.45) is 0 Å². The van der Waals surface area contributed by atoms with Gasteiger partial charge >= 0.3 is 5.97 Å². The van der Waals surface area contributed by atoms with Crippen molar-refractivity contribution in [3.05, 3.63) is 36.5 Å². The van der Waals surface area contributed by atoms with E-state index in [0.717, 1.165) is 77.0 Å². The zero-order chi connectivity index (χ0) is 58.6. The quantitative estimate of drug-likeness (QED) is 0.0212. The monoisotopic (exact) mass is 1150 g/mol. The molecule has 3 atom stereocenters. The molecule has 0 saturated carbocycles. The third kappa shape index (κ3) is 60.8. The molecular weight excluding hydrogens is 1010 g/mol. The first-order valence-corrected chi connectivity index (χ1v) is 36.3. The number of carbonyl (C=O) groups excluding carboxylic acids is 2. The highest BCUT2D eigenvalue weighted by atomic mass is 31.2. The summed E-state index contributed by atoms with van der Waals surface area (Å²) in [5, 5.41) is 3.04.